The number of ether oxygens (including phenoxy) is 1. The summed E-state index contributed by atoms with van der Waals surface area (Å²) in [6.07, 6.45) is 3.57. The average Bonchev–Trinajstić information content (AvgIpc) is 3.22. The molecule has 158 valence electrons. The first kappa shape index (κ1) is 20.3. The maximum absolute atomic E-state index is 12.8. The molecule has 0 aliphatic heterocycles. The topological polar surface area (TPSA) is 104 Å². The van der Waals surface area contributed by atoms with Gasteiger partial charge in [-0.3, -0.25) is 9.59 Å². The lowest BCUT2D eigenvalue weighted by atomic mass is 10.1. The zero-order valence-corrected chi connectivity index (χ0v) is 17.2. The van der Waals surface area contributed by atoms with Gasteiger partial charge in [-0.2, -0.15) is 0 Å². The number of carbonyl (C=O) groups excluding carboxylic acids is 1. The Morgan fingerprint density at radius 2 is 2.03 bits per heavy atom. The van der Waals surface area contributed by atoms with Gasteiger partial charge in [-0.05, 0) is 29.8 Å². The number of carbonyl (C=O) groups is 1. The van der Waals surface area contributed by atoms with Gasteiger partial charge < -0.3 is 14.6 Å². The predicted molar refractivity (Wildman–Crippen MR) is 115 cm³/mol. The number of rotatable bonds is 7. The summed E-state index contributed by atoms with van der Waals surface area (Å²) in [7, 11) is 3.46. The van der Waals surface area contributed by atoms with Crippen molar-refractivity contribution in [1.82, 2.24) is 29.9 Å². The van der Waals surface area contributed by atoms with Crippen LogP contribution in [0, 0.1) is 0 Å². The van der Waals surface area contributed by atoms with Gasteiger partial charge >= 0.3 is 0 Å². The molecule has 9 nitrogen and oxygen atoms in total. The Kier molecular flexibility index (Phi) is 5.74. The number of fused-ring (bicyclic) bond motifs is 1. The minimum absolute atomic E-state index is 0.0673. The summed E-state index contributed by atoms with van der Waals surface area (Å²) in [5.74, 6) is 1.13. The molecule has 31 heavy (non-hydrogen) atoms. The third kappa shape index (κ3) is 4.30. The van der Waals surface area contributed by atoms with Crippen molar-refractivity contribution in [2.24, 2.45) is 7.05 Å². The lowest BCUT2D eigenvalue weighted by molar-refractivity contribution is -0.121. The summed E-state index contributed by atoms with van der Waals surface area (Å²) in [6, 6.07) is 14.0. The van der Waals surface area contributed by atoms with Crippen LogP contribution in [0.3, 0.4) is 0 Å². The number of imidazole rings is 1. The van der Waals surface area contributed by atoms with E-state index in [9.17, 15) is 9.59 Å². The maximum atomic E-state index is 12.8. The smallest absolute Gasteiger partial charge is 0.277 e. The quantitative estimate of drug-likeness (QED) is 0.491. The molecule has 2 aromatic carbocycles. The van der Waals surface area contributed by atoms with Gasteiger partial charge in [0, 0.05) is 25.9 Å². The SMILES string of the molecule is COc1cccc(C(NC(=O)CCn2nnc3ccccc3c2=O)c2nccn2C)c1. The van der Waals surface area contributed by atoms with Crippen LogP contribution < -0.4 is 15.6 Å². The fourth-order valence-corrected chi connectivity index (χ4v) is 3.38. The highest BCUT2D eigenvalue weighted by Gasteiger charge is 2.21. The molecule has 2 heterocycles. The largest absolute Gasteiger partial charge is 0.497 e. The zero-order chi connectivity index (χ0) is 21.8. The summed E-state index contributed by atoms with van der Waals surface area (Å²) >= 11 is 0. The van der Waals surface area contributed by atoms with E-state index < -0.39 is 6.04 Å². The number of nitrogens with zero attached hydrogens (tertiary/aromatic N) is 5. The lowest BCUT2D eigenvalue weighted by Gasteiger charge is -2.20. The van der Waals surface area contributed by atoms with Gasteiger partial charge in [0.25, 0.3) is 5.56 Å². The van der Waals surface area contributed by atoms with Crippen molar-refractivity contribution in [2.45, 2.75) is 19.0 Å². The van der Waals surface area contributed by atoms with Crippen LogP contribution >= 0.6 is 0 Å². The predicted octanol–water partition coefficient (Wildman–Crippen LogP) is 1.83. The maximum Gasteiger partial charge on any atom is 0.277 e. The van der Waals surface area contributed by atoms with Crippen molar-refractivity contribution < 1.29 is 9.53 Å². The van der Waals surface area contributed by atoms with Crippen LogP contribution in [-0.2, 0) is 18.4 Å². The molecule has 1 unspecified atom stereocenters. The Hall–Kier alpha value is -4.01. The minimum Gasteiger partial charge on any atom is -0.497 e. The molecule has 0 saturated carbocycles. The first-order valence-electron chi connectivity index (χ1n) is 9.80. The molecule has 0 aliphatic carbocycles. The minimum atomic E-state index is -0.470. The normalized spacial score (nSPS) is 11.9. The molecule has 0 saturated heterocycles. The fraction of sp³-hybridized carbons (Fsp3) is 0.227. The molecule has 1 amide bonds. The summed E-state index contributed by atoms with van der Waals surface area (Å²) in [6.45, 7) is 0.119. The molecule has 0 radical (unpaired) electrons. The van der Waals surface area contributed by atoms with Crippen molar-refractivity contribution in [2.75, 3.05) is 7.11 Å². The highest BCUT2D eigenvalue weighted by molar-refractivity contribution is 5.77. The second-order valence-electron chi connectivity index (χ2n) is 7.06. The molecule has 0 aliphatic rings. The molecule has 1 atom stereocenters. The van der Waals surface area contributed by atoms with E-state index in [0.717, 1.165) is 5.56 Å². The highest BCUT2D eigenvalue weighted by Crippen LogP contribution is 2.24. The molecule has 0 bridgehead atoms. The van der Waals surface area contributed by atoms with Crippen molar-refractivity contribution >= 4 is 16.8 Å². The molecule has 1 N–H and O–H groups in total. The van der Waals surface area contributed by atoms with Crippen LogP contribution in [-0.4, -0.2) is 37.6 Å². The van der Waals surface area contributed by atoms with E-state index in [4.69, 9.17) is 4.74 Å². The fourth-order valence-electron chi connectivity index (χ4n) is 3.38. The number of methoxy groups -OCH3 is 1. The van der Waals surface area contributed by atoms with Crippen molar-refractivity contribution in [1.29, 1.82) is 0 Å². The van der Waals surface area contributed by atoms with Crippen LogP contribution in [0.25, 0.3) is 10.9 Å². The van der Waals surface area contributed by atoms with Crippen molar-refractivity contribution in [3.05, 3.63) is 82.7 Å². The number of hydrogen-bond donors (Lipinski definition) is 1. The van der Waals surface area contributed by atoms with Crippen LogP contribution in [0.5, 0.6) is 5.75 Å². The molecule has 2 aromatic heterocycles. The van der Waals surface area contributed by atoms with Crippen LogP contribution in [0.1, 0.15) is 23.9 Å². The summed E-state index contributed by atoms with van der Waals surface area (Å²) < 4.78 is 8.38. The first-order valence-corrected chi connectivity index (χ1v) is 9.80. The van der Waals surface area contributed by atoms with Crippen molar-refractivity contribution in [3.63, 3.8) is 0 Å². The monoisotopic (exact) mass is 418 g/mol. The number of nitrogens with one attached hydrogen (secondary N) is 1. The van der Waals surface area contributed by atoms with Gasteiger partial charge in [0.1, 0.15) is 23.1 Å². The van der Waals surface area contributed by atoms with E-state index in [0.29, 0.717) is 22.5 Å². The van der Waals surface area contributed by atoms with E-state index in [2.05, 4.69) is 20.6 Å². The van der Waals surface area contributed by atoms with Gasteiger partial charge in [-0.15, -0.1) is 5.10 Å². The van der Waals surface area contributed by atoms with Crippen LogP contribution in [0.2, 0.25) is 0 Å². The first-order chi connectivity index (χ1) is 15.1. The third-order valence-electron chi connectivity index (χ3n) is 5.03. The van der Waals surface area contributed by atoms with E-state index in [-0.39, 0.29) is 24.4 Å². The summed E-state index contributed by atoms with van der Waals surface area (Å²) in [5, 5.41) is 11.5. The zero-order valence-electron chi connectivity index (χ0n) is 17.2. The molecule has 0 spiro atoms. The molecule has 0 fully saturated rings. The molecule has 4 aromatic rings. The second-order valence-corrected chi connectivity index (χ2v) is 7.06. The van der Waals surface area contributed by atoms with Gasteiger partial charge in [0.15, 0.2) is 0 Å². The van der Waals surface area contributed by atoms with E-state index in [1.807, 2.05) is 42.1 Å². The van der Waals surface area contributed by atoms with Crippen LogP contribution in [0.4, 0.5) is 0 Å². The standard InChI is InChI=1S/C22H22N6O3/c1-27-13-11-23-21(27)20(15-6-5-7-16(14-15)31-2)24-19(29)10-12-28-22(30)17-8-3-4-9-18(17)25-26-28/h3-9,11,13-14,20H,10,12H2,1-2H3,(H,24,29). The molecular weight excluding hydrogens is 396 g/mol. The Balaban J connectivity index is 1.54. The number of aromatic nitrogens is 5. The molecule has 4 rings (SSSR count). The van der Waals surface area contributed by atoms with Crippen LogP contribution in [0.15, 0.2) is 65.7 Å². The summed E-state index contributed by atoms with van der Waals surface area (Å²) in [4.78, 5) is 29.8. The average molecular weight is 418 g/mol. The molecule has 9 heteroatoms. The molecular formula is C22H22N6O3. The Morgan fingerprint density at radius 3 is 2.81 bits per heavy atom. The van der Waals surface area contributed by atoms with E-state index in [1.165, 1.54) is 4.68 Å². The second kappa shape index (κ2) is 8.78. The number of aryl methyl sites for hydroxylation is 2. The lowest BCUT2D eigenvalue weighted by Crippen LogP contribution is -2.33. The Bertz CT molecular complexity index is 1280. The Labute approximate surface area is 178 Å². The Morgan fingerprint density at radius 1 is 1.19 bits per heavy atom. The third-order valence-corrected chi connectivity index (χ3v) is 5.03. The van der Waals surface area contributed by atoms with Gasteiger partial charge in [0.2, 0.25) is 5.91 Å². The highest BCUT2D eigenvalue weighted by atomic mass is 16.5. The number of amides is 1. The van der Waals surface area contributed by atoms with E-state index in [1.54, 1.807) is 37.6 Å². The van der Waals surface area contributed by atoms with Gasteiger partial charge in [-0.25, -0.2) is 9.67 Å². The van der Waals surface area contributed by atoms with Gasteiger partial charge in [-0.1, -0.05) is 29.5 Å². The number of benzene rings is 2. The number of hydrogen-bond acceptors (Lipinski definition) is 6. The van der Waals surface area contributed by atoms with Gasteiger partial charge in [0.05, 0.1) is 19.0 Å². The van der Waals surface area contributed by atoms with Crippen molar-refractivity contribution in [3.8, 4) is 5.75 Å². The summed E-state index contributed by atoms with van der Waals surface area (Å²) in [5.41, 5.74) is 1.09. The van der Waals surface area contributed by atoms with E-state index >= 15 is 0 Å².